The van der Waals surface area contributed by atoms with Crippen molar-refractivity contribution in [3.05, 3.63) is 35.4 Å². The van der Waals surface area contributed by atoms with Crippen LogP contribution in [0.5, 0.6) is 0 Å². The lowest BCUT2D eigenvalue weighted by Crippen LogP contribution is -2.03. The van der Waals surface area contributed by atoms with E-state index in [1.165, 1.54) is 5.56 Å². The molecule has 1 aliphatic rings. The summed E-state index contributed by atoms with van der Waals surface area (Å²) in [6.45, 7) is 2.09. The van der Waals surface area contributed by atoms with E-state index in [1.807, 2.05) is 30.3 Å². The number of nitrogens with zero attached hydrogens (tertiary/aromatic N) is 1. The molecular weight excluding hydrogens is 202 g/mol. The lowest BCUT2D eigenvalue weighted by Gasteiger charge is -2.09. The van der Waals surface area contributed by atoms with Crippen LogP contribution in [0, 0.1) is 17.2 Å². The molecule has 1 heterocycles. The summed E-state index contributed by atoms with van der Waals surface area (Å²) in [6, 6.07) is 9.96. The Morgan fingerprint density at radius 1 is 1.44 bits per heavy atom. The van der Waals surface area contributed by atoms with E-state index < -0.39 is 11.9 Å². The molecule has 0 spiro atoms. The topological polar surface area (TPSA) is 50.1 Å². The van der Waals surface area contributed by atoms with Gasteiger partial charge in [0, 0.05) is 6.42 Å². The van der Waals surface area contributed by atoms with Crippen molar-refractivity contribution in [1.29, 1.82) is 5.26 Å². The van der Waals surface area contributed by atoms with Gasteiger partial charge in [0.05, 0.1) is 6.07 Å². The molecule has 2 unspecified atom stereocenters. The Morgan fingerprint density at radius 3 is 2.62 bits per heavy atom. The SMILES string of the molecule is CCc1ccc(C2CC(C#N)C(=O)O2)cc1. The Morgan fingerprint density at radius 2 is 2.12 bits per heavy atom. The Bertz CT molecular complexity index is 430. The third-order valence-electron chi connectivity index (χ3n) is 2.91. The van der Waals surface area contributed by atoms with Gasteiger partial charge in [-0.15, -0.1) is 0 Å². The van der Waals surface area contributed by atoms with E-state index in [-0.39, 0.29) is 6.10 Å². The van der Waals surface area contributed by atoms with Crippen LogP contribution in [0.1, 0.15) is 30.6 Å². The van der Waals surface area contributed by atoms with Crippen molar-refractivity contribution in [2.24, 2.45) is 5.92 Å². The van der Waals surface area contributed by atoms with Crippen molar-refractivity contribution in [2.45, 2.75) is 25.9 Å². The average molecular weight is 215 g/mol. The highest BCUT2D eigenvalue weighted by atomic mass is 16.5. The van der Waals surface area contributed by atoms with Gasteiger partial charge in [0.1, 0.15) is 12.0 Å². The standard InChI is InChI=1S/C13H13NO2/c1-2-9-3-5-10(6-4-9)12-7-11(8-14)13(15)16-12/h3-6,11-12H,2,7H2,1H3. The number of benzene rings is 1. The molecule has 0 N–H and O–H groups in total. The first-order valence-electron chi connectivity index (χ1n) is 5.43. The van der Waals surface area contributed by atoms with E-state index in [0.717, 1.165) is 12.0 Å². The number of hydrogen-bond acceptors (Lipinski definition) is 3. The third kappa shape index (κ3) is 1.92. The molecule has 1 saturated heterocycles. The average Bonchev–Trinajstić information content (AvgIpc) is 2.71. The fourth-order valence-electron chi connectivity index (χ4n) is 1.86. The maximum atomic E-state index is 11.3. The Hall–Kier alpha value is -1.82. The molecule has 1 aliphatic heterocycles. The molecule has 2 atom stereocenters. The van der Waals surface area contributed by atoms with Crippen LogP contribution in [0.4, 0.5) is 0 Å². The number of aryl methyl sites for hydroxylation is 1. The van der Waals surface area contributed by atoms with Gasteiger partial charge in [0.15, 0.2) is 0 Å². The molecule has 82 valence electrons. The quantitative estimate of drug-likeness (QED) is 0.711. The van der Waals surface area contributed by atoms with Gasteiger partial charge in [-0.1, -0.05) is 31.2 Å². The van der Waals surface area contributed by atoms with E-state index in [0.29, 0.717) is 6.42 Å². The summed E-state index contributed by atoms with van der Waals surface area (Å²) in [4.78, 5) is 11.3. The largest absolute Gasteiger partial charge is 0.456 e. The molecule has 0 bridgehead atoms. The smallest absolute Gasteiger partial charge is 0.324 e. The summed E-state index contributed by atoms with van der Waals surface area (Å²) in [5.74, 6) is -0.997. The van der Waals surface area contributed by atoms with Gasteiger partial charge < -0.3 is 4.74 Å². The van der Waals surface area contributed by atoms with Crippen LogP contribution in [-0.2, 0) is 16.0 Å². The monoisotopic (exact) mass is 215 g/mol. The Kier molecular flexibility index (Phi) is 2.91. The third-order valence-corrected chi connectivity index (χ3v) is 2.91. The summed E-state index contributed by atoms with van der Waals surface area (Å²) in [6.07, 6.45) is 1.22. The molecule has 3 heteroatoms. The minimum atomic E-state index is -0.601. The first-order chi connectivity index (χ1) is 7.74. The summed E-state index contributed by atoms with van der Waals surface area (Å²) >= 11 is 0. The maximum absolute atomic E-state index is 11.3. The molecule has 2 rings (SSSR count). The number of carbonyl (C=O) groups excluding carboxylic acids is 1. The number of carbonyl (C=O) groups is 1. The second-order valence-electron chi connectivity index (χ2n) is 3.94. The molecular formula is C13H13NO2. The second-order valence-corrected chi connectivity index (χ2v) is 3.94. The van der Waals surface area contributed by atoms with Gasteiger partial charge in [-0.25, -0.2) is 0 Å². The summed E-state index contributed by atoms with van der Waals surface area (Å²) in [5.41, 5.74) is 2.23. The number of ether oxygens (including phenoxy) is 1. The van der Waals surface area contributed by atoms with Gasteiger partial charge in [-0.05, 0) is 17.5 Å². The molecule has 1 aromatic carbocycles. The van der Waals surface area contributed by atoms with Crippen molar-refractivity contribution >= 4 is 5.97 Å². The predicted molar refractivity (Wildman–Crippen MR) is 58.4 cm³/mol. The number of cyclic esters (lactones) is 1. The normalized spacial score (nSPS) is 23.9. The highest BCUT2D eigenvalue weighted by Gasteiger charge is 2.35. The second kappa shape index (κ2) is 4.36. The summed E-state index contributed by atoms with van der Waals surface area (Å²) in [7, 11) is 0. The molecule has 0 saturated carbocycles. The van der Waals surface area contributed by atoms with E-state index >= 15 is 0 Å². The van der Waals surface area contributed by atoms with Crippen molar-refractivity contribution in [3.63, 3.8) is 0 Å². The van der Waals surface area contributed by atoms with Crippen LogP contribution in [0.2, 0.25) is 0 Å². The number of rotatable bonds is 2. The molecule has 3 nitrogen and oxygen atoms in total. The number of hydrogen-bond donors (Lipinski definition) is 0. The van der Waals surface area contributed by atoms with E-state index in [4.69, 9.17) is 10.00 Å². The molecule has 0 aromatic heterocycles. The minimum absolute atomic E-state index is 0.247. The lowest BCUT2D eigenvalue weighted by atomic mass is 10.00. The van der Waals surface area contributed by atoms with Crippen LogP contribution in [0.15, 0.2) is 24.3 Å². The van der Waals surface area contributed by atoms with Gasteiger partial charge in [0.25, 0.3) is 0 Å². The van der Waals surface area contributed by atoms with Gasteiger partial charge in [0.2, 0.25) is 0 Å². The summed E-state index contributed by atoms with van der Waals surface area (Å²) in [5, 5.41) is 8.73. The van der Waals surface area contributed by atoms with Gasteiger partial charge >= 0.3 is 5.97 Å². The minimum Gasteiger partial charge on any atom is -0.456 e. The first-order valence-corrected chi connectivity index (χ1v) is 5.43. The zero-order valence-corrected chi connectivity index (χ0v) is 9.14. The maximum Gasteiger partial charge on any atom is 0.324 e. The molecule has 0 amide bonds. The lowest BCUT2D eigenvalue weighted by molar-refractivity contribution is -0.143. The van der Waals surface area contributed by atoms with Crippen molar-refractivity contribution in [3.8, 4) is 6.07 Å². The van der Waals surface area contributed by atoms with Crippen LogP contribution < -0.4 is 0 Å². The number of nitriles is 1. The van der Waals surface area contributed by atoms with Crippen molar-refractivity contribution in [1.82, 2.24) is 0 Å². The highest BCUT2D eigenvalue weighted by molar-refractivity contribution is 5.77. The van der Waals surface area contributed by atoms with Crippen LogP contribution >= 0.6 is 0 Å². The van der Waals surface area contributed by atoms with Crippen molar-refractivity contribution in [2.75, 3.05) is 0 Å². The zero-order valence-electron chi connectivity index (χ0n) is 9.14. The Labute approximate surface area is 94.6 Å². The van der Waals surface area contributed by atoms with E-state index in [9.17, 15) is 4.79 Å². The molecule has 1 fully saturated rings. The molecule has 0 aliphatic carbocycles. The van der Waals surface area contributed by atoms with E-state index in [2.05, 4.69) is 6.92 Å². The van der Waals surface area contributed by atoms with Crippen LogP contribution in [0.25, 0.3) is 0 Å². The van der Waals surface area contributed by atoms with E-state index in [1.54, 1.807) is 0 Å². The zero-order chi connectivity index (χ0) is 11.5. The van der Waals surface area contributed by atoms with Crippen molar-refractivity contribution < 1.29 is 9.53 Å². The highest BCUT2D eigenvalue weighted by Crippen LogP contribution is 2.33. The fourth-order valence-corrected chi connectivity index (χ4v) is 1.86. The van der Waals surface area contributed by atoms with Crippen LogP contribution in [0.3, 0.4) is 0 Å². The van der Waals surface area contributed by atoms with Gasteiger partial charge in [-0.3, -0.25) is 4.79 Å². The molecule has 0 radical (unpaired) electrons. The first kappa shape index (κ1) is 10.7. The Balaban J connectivity index is 2.14. The van der Waals surface area contributed by atoms with Crippen LogP contribution in [-0.4, -0.2) is 5.97 Å². The molecule has 16 heavy (non-hydrogen) atoms. The predicted octanol–water partition coefficient (Wildman–Crippen LogP) is 2.38. The molecule has 1 aromatic rings. The fraction of sp³-hybridized carbons (Fsp3) is 0.385. The summed E-state index contributed by atoms with van der Waals surface area (Å²) < 4.78 is 5.16. The number of esters is 1. The van der Waals surface area contributed by atoms with Gasteiger partial charge in [-0.2, -0.15) is 5.26 Å².